The predicted octanol–water partition coefficient (Wildman–Crippen LogP) is 4.82. The first-order valence-electron chi connectivity index (χ1n) is 11.2. The highest BCUT2D eigenvalue weighted by Crippen LogP contribution is 2.21. The molecule has 4 aromatic rings. The molecule has 2 aromatic heterocycles. The van der Waals surface area contributed by atoms with Gasteiger partial charge in [0.15, 0.2) is 0 Å². The number of para-hydroxylation sites is 1. The van der Waals surface area contributed by atoms with Crippen molar-refractivity contribution in [3.05, 3.63) is 84.3 Å². The zero-order valence-corrected chi connectivity index (χ0v) is 18.3. The maximum Gasteiger partial charge on any atom is 0.0562 e. The second kappa shape index (κ2) is 11.3. The van der Waals surface area contributed by atoms with Crippen LogP contribution >= 0.6 is 0 Å². The summed E-state index contributed by atoms with van der Waals surface area (Å²) < 4.78 is 0. The number of aliphatic hydroxyl groups is 1. The minimum absolute atomic E-state index is 0.248. The Balaban J connectivity index is 1.25. The van der Waals surface area contributed by atoms with E-state index in [2.05, 4.69) is 86.7 Å². The minimum Gasteiger partial charge on any atom is -0.396 e. The Labute approximate surface area is 189 Å². The number of pyridine rings is 1. The number of nitrogens with zero attached hydrogens (tertiary/aromatic N) is 1. The molecule has 2 aromatic carbocycles. The van der Waals surface area contributed by atoms with E-state index < -0.39 is 0 Å². The lowest BCUT2D eigenvalue weighted by Gasteiger charge is -2.10. The van der Waals surface area contributed by atoms with Gasteiger partial charge in [-0.15, -0.1) is 0 Å². The van der Waals surface area contributed by atoms with E-state index in [1.807, 2.05) is 12.3 Å². The van der Waals surface area contributed by atoms with Crippen LogP contribution in [0.15, 0.2) is 73.1 Å². The van der Waals surface area contributed by atoms with Gasteiger partial charge in [-0.1, -0.05) is 18.2 Å². The molecule has 6 heteroatoms. The van der Waals surface area contributed by atoms with Gasteiger partial charge in [0, 0.05) is 60.1 Å². The fourth-order valence-corrected chi connectivity index (χ4v) is 3.75. The first-order valence-corrected chi connectivity index (χ1v) is 11.2. The van der Waals surface area contributed by atoms with Crippen molar-refractivity contribution in [2.45, 2.75) is 25.8 Å². The monoisotopic (exact) mass is 429 g/mol. The quantitative estimate of drug-likeness (QED) is 0.208. The number of aromatic amines is 1. The van der Waals surface area contributed by atoms with Crippen molar-refractivity contribution in [2.24, 2.45) is 0 Å². The Morgan fingerprint density at radius 2 is 1.72 bits per heavy atom. The van der Waals surface area contributed by atoms with Gasteiger partial charge in [0.25, 0.3) is 0 Å². The molecule has 0 radical (unpaired) electrons. The number of anilines is 3. The summed E-state index contributed by atoms with van der Waals surface area (Å²) in [6.45, 7) is 2.74. The van der Waals surface area contributed by atoms with Crippen LogP contribution in [0.4, 0.5) is 17.1 Å². The molecule has 0 aliphatic heterocycles. The number of hydrogen-bond acceptors (Lipinski definition) is 5. The smallest absolute Gasteiger partial charge is 0.0562 e. The van der Waals surface area contributed by atoms with Crippen LogP contribution < -0.4 is 16.0 Å². The number of nitrogens with one attached hydrogen (secondary N) is 4. The van der Waals surface area contributed by atoms with E-state index in [1.165, 1.54) is 16.5 Å². The molecule has 0 aliphatic rings. The lowest BCUT2D eigenvalue weighted by molar-refractivity contribution is 0.283. The van der Waals surface area contributed by atoms with Crippen molar-refractivity contribution < 1.29 is 5.11 Å². The van der Waals surface area contributed by atoms with Crippen molar-refractivity contribution >= 4 is 28.0 Å². The second-order valence-corrected chi connectivity index (χ2v) is 7.88. The predicted molar refractivity (Wildman–Crippen MR) is 132 cm³/mol. The van der Waals surface area contributed by atoms with Crippen LogP contribution in [-0.2, 0) is 13.0 Å². The average Bonchev–Trinajstić information content (AvgIpc) is 3.24. The van der Waals surface area contributed by atoms with Crippen LogP contribution in [0.2, 0.25) is 0 Å². The van der Waals surface area contributed by atoms with Crippen LogP contribution in [0.1, 0.15) is 24.1 Å². The third-order valence-corrected chi connectivity index (χ3v) is 5.46. The molecule has 0 saturated heterocycles. The molecule has 32 heavy (non-hydrogen) atoms. The zero-order chi connectivity index (χ0) is 22.0. The summed E-state index contributed by atoms with van der Waals surface area (Å²) in [4.78, 5) is 7.76. The molecule has 0 aliphatic carbocycles. The van der Waals surface area contributed by atoms with E-state index in [0.29, 0.717) is 0 Å². The molecule has 0 atom stereocenters. The molecule has 166 valence electrons. The summed E-state index contributed by atoms with van der Waals surface area (Å²) in [7, 11) is 0. The first-order chi connectivity index (χ1) is 15.8. The lowest BCUT2D eigenvalue weighted by Crippen LogP contribution is -2.15. The molecule has 4 rings (SSSR count). The van der Waals surface area contributed by atoms with Gasteiger partial charge in [-0.2, -0.15) is 0 Å². The van der Waals surface area contributed by atoms with Gasteiger partial charge < -0.3 is 26.0 Å². The SMILES string of the molecule is OCCCCNCc1cc(Nc2ccc(NCCc3c[nH]c4ccccc34)cc2)ccn1. The highest BCUT2D eigenvalue weighted by Gasteiger charge is 2.03. The summed E-state index contributed by atoms with van der Waals surface area (Å²) in [6.07, 6.45) is 6.70. The van der Waals surface area contributed by atoms with Gasteiger partial charge in [-0.3, -0.25) is 4.98 Å². The number of H-pyrrole nitrogens is 1. The molecule has 0 spiro atoms. The number of hydrogen-bond donors (Lipinski definition) is 5. The standard InChI is InChI=1S/C26H31N5O/c32-16-4-3-13-27-19-24-17-23(12-15-29-24)31-22-9-7-21(8-10-22)28-14-11-20-18-30-26-6-2-1-5-25(20)26/h1-2,5-10,12,15,17-18,27-28,30,32H,3-4,11,13-14,16,19H2,(H,29,31). The molecule has 6 nitrogen and oxygen atoms in total. The number of aromatic nitrogens is 2. The van der Waals surface area contributed by atoms with E-state index in [-0.39, 0.29) is 6.61 Å². The van der Waals surface area contributed by atoms with E-state index in [0.717, 1.165) is 61.7 Å². The molecule has 0 saturated carbocycles. The minimum atomic E-state index is 0.248. The molecule has 5 N–H and O–H groups in total. The van der Waals surface area contributed by atoms with E-state index >= 15 is 0 Å². The fraction of sp³-hybridized carbons (Fsp3) is 0.269. The average molecular weight is 430 g/mol. The Kier molecular flexibility index (Phi) is 7.74. The Hall–Kier alpha value is -3.35. The molecule has 0 bridgehead atoms. The summed E-state index contributed by atoms with van der Waals surface area (Å²) in [5.74, 6) is 0. The van der Waals surface area contributed by atoms with Gasteiger partial charge in [-0.05, 0) is 73.8 Å². The summed E-state index contributed by atoms with van der Waals surface area (Å²) in [5, 5.41) is 20.5. The topological polar surface area (TPSA) is 85.0 Å². The largest absolute Gasteiger partial charge is 0.396 e. The van der Waals surface area contributed by atoms with Crippen LogP contribution in [0.5, 0.6) is 0 Å². The number of aliphatic hydroxyl groups excluding tert-OH is 1. The Morgan fingerprint density at radius 3 is 2.59 bits per heavy atom. The van der Waals surface area contributed by atoms with Crippen molar-refractivity contribution in [3.63, 3.8) is 0 Å². The van der Waals surface area contributed by atoms with Crippen molar-refractivity contribution in [1.82, 2.24) is 15.3 Å². The van der Waals surface area contributed by atoms with Crippen LogP contribution in [0.3, 0.4) is 0 Å². The maximum absolute atomic E-state index is 8.84. The second-order valence-electron chi connectivity index (χ2n) is 7.88. The fourth-order valence-electron chi connectivity index (χ4n) is 3.75. The number of benzene rings is 2. The lowest BCUT2D eigenvalue weighted by atomic mass is 10.1. The summed E-state index contributed by atoms with van der Waals surface area (Å²) in [5.41, 5.74) is 6.69. The molecule has 2 heterocycles. The molecular formula is C26H31N5O. The van der Waals surface area contributed by atoms with Crippen LogP contribution in [0.25, 0.3) is 10.9 Å². The first kappa shape index (κ1) is 21.9. The van der Waals surface area contributed by atoms with Gasteiger partial charge in [-0.25, -0.2) is 0 Å². The number of unbranched alkanes of at least 4 members (excludes halogenated alkanes) is 1. The number of fused-ring (bicyclic) bond motifs is 1. The van der Waals surface area contributed by atoms with Crippen molar-refractivity contribution in [2.75, 3.05) is 30.3 Å². The van der Waals surface area contributed by atoms with Crippen molar-refractivity contribution in [1.29, 1.82) is 0 Å². The third-order valence-electron chi connectivity index (χ3n) is 5.46. The van der Waals surface area contributed by atoms with E-state index in [1.54, 1.807) is 0 Å². The van der Waals surface area contributed by atoms with Gasteiger partial charge in [0.05, 0.1) is 5.69 Å². The van der Waals surface area contributed by atoms with E-state index in [4.69, 9.17) is 5.11 Å². The van der Waals surface area contributed by atoms with Gasteiger partial charge in [0.2, 0.25) is 0 Å². The normalized spacial score (nSPS) is 11.0. The highest BCUT2D eigenvalue weighted by atomic mass is 16.2. The van der Waals surface area contributed by atoms with Gasteiger partial charge in [0.1, 0.15) is 0 Å². The zero-order valence-electron chi connectivity index (χ0n) is 18.3. The van der Waals surface area contributed by atoms with Crippen molar-refractivity contribution in [3.8, 4) is 0 Å². The van der Waals surface area contributed by atoms with Crippen LogP contribution in [-0.4, -0.2) is 34.8 Å². The Bertz CT molecular complexity index is 1110. The third kappa shape index (κ3) is 6.09. The van der Waals surface area contributed by atoms with Gasteiger partial charge >= 0.3 is 0 Å². The van der Waals surface area contributed by atoms with E-state index in [9.17, 15) is 0 Å². The molecular weight excluding hydrogens is 398 g/mol. The highest BCUT2D eigenvalue weighted by molar-refractivity contribution is 5.83. The summed E-state index contributed by atoms with van der Waals surface area (Å²) in [6, 6.07) is 20.8. The molecule has 0 fully saturated rings. The molecule has 0 unspecified atom stereocenters. The summed E-state index contributed by atoms with van der Waals surface area (Å²) >= 11 is 0. The number of rotatable bonds is 12. The van der Waals surface area contributed by atoms with Crippen LogP contribution in [0, 0.1) is 0 Å². The molecule has 0 amide bonds. The Morgan fingerprint density at radius 1 is 0.875 bits per heavy atom. The maximum atomic E-state index is 8.84.